The molecular formula is C17H17F3O2. The van der Waals surface area contributed by atoms with Crippen LogP contribution < -0.4 is 0 Å². The normalized spacial score (nSPS) is 11.8. The van der Waals surface area contributed by atoms with Crippen molar-refractivity contribution in [2.24, 2.45) is 0 Å². The van der Waals surface area contributed by atoms with Crippen LogP contribution in [-0.4, -0.2) is 12.5 Å². The van der Waals surface area contributed by atoms with Crippen LogP contribution in [0.15, 0.2) is 60.7 Å². The summed E-state index contributed by atoms with van der Waals surface area (Å²) < 4.78 is 48.4. The van der Waals surface area contributed by atoms with Crippen LogP contribution in [-0.2, 0) is 22.7 Å². The third-order valence-corrected chi connectivity index (χ3v) is 2.96. The van der Waals surface area contributed by atoms with Gasteiger partial charge in [-0.2, -0.15) is 13.2 Å². The van der Waals surface area contributed by atoms with Crippen molar-refractivity contribution in [3.8, 4) is 0 Å². The molecule has 0 aromatic heterocycles. The second kappa shape index (κ2) is 7.96. The summed E-state index contributed by atoms with van der Waals surface area (Å²) in [5, 5.41) is 0. The molecule has 0 bridgehead atoms. The van der Waals surface area contributed by atoms with Crippen molar-refractivity contribution in [3.05, 3.63) is 71.8 Å². The maximum atomic E-state index is 12.6. The zero-order valence-electron chi connectivity index (χ0n) is 11.9. The van der Waals surface area contributed by atoms with Gasteiger partial charge in [0, 0.05) is 0 Å². The molecule has 0 N–H and O–H groups in total. The lowest BCUT2D eigenvalue weighted by atomic mass is 10.2. The van der Waals surface area contributed by atoms with Gasteiger partial charge < -0.3 is 9.47 Å². The Labute approximate surface area is 127 Å². The summed E-state index contributed by atoms with van der Waals surface area (Å²) in [6, 6.07) is 18.1. The number of rotatable bonds is 7. The average Bonchev–Trinajstić information content (AvgIpc) is 2.51. The summed E-state index contributed by atoms with van der Waals surface area (Å²) in [4.78, 5) is 0. The van der Waals surface area contributed by atoms with Gasteiger partial charge in [-0.1, -0.05) is 60.7 Å². The Hall–Kier alpha value is -1.85. The molecule has 0 amide bonds. The van der Waals surface area contributed by atoms with E-state index in [2.05, 4.69) is 0 Å². The Kier molecular flexibility index (Phi) is 5.98. The molecule has 0 aliphatic rings. The highest BCUT2D eigenvalue weighted by Gasteiger charge is 2.33. The highest BCUT2D eigenvalue weighted by Crippen LogP contribution is 2.24. The molecule has 2 aromatic carbocycles. The third-order valence-electron chi connectivity index (χ3n) is 2.96. The van der Waals surface area contributed by atoms with E-state index in [4.69, 9.17) is 9.47 Å². The summed E-state index contributed by atoms with van der Waals surface area (Å²) in [5.41, 5.74) is 1.61. The van der Waals surface area contributed by atoms with Gasteiger partial charge in [-0.05, 0) is 11.1 Å². The van der Waals surface area contributed by atoms with Gasteiger partial charge in [0.05, 0.1) is 19.6 Å². The topological polar surface area (TPSA) is 18.5 Å². The zero-order valence-corrected chi connectivity index (χ0v) is 11.9. The van der Waals surface area contributed by atoms with Gasteiger partial charge in [-0.25, -0.2) is 0 Å². The number of alkyl halides is 3. The van der Waals surface area contributed by atoms with Gasteiger partial charge in [0.25, 0.3) is 0 Å². The number of ether oxygens (including phenoxy) is 2. The van der Waals surface area contributed by atoms with Crippen LogP contribution in [0, 0.1) is 0 Å². The SMILES string of the molecule is FC(F)(F)CC(OCc1ccccc1)OCc1ccccc1. The first-order valence-electron chi connectivity index (χ1n) is 6.91. The minimum Gasteiger partial charge on any atom is -0.348 e. The van der Waals surface area contributed by atoms with E-state index in [1.807, 2.05) is 36.4 Å². The van der Waals surface area contributed by atoms with Crippen molar-refractivity contribution in [3.63, 3.8) is 0 Å². The average molecular weight is 310 g/mol. The Bertz CT molecular complexity index is 497. The number of halogens is 3. The largest absolute Gasteiger partial charge is 0.393 e. The smallest absolute Gasteiger partial charge is 0.348 e. The maximum absolute atomic E-state index is 12.6. The Morgan fingerprint density at radius 2 is 1.14 bits per heavy atom. The molecule has 2 rings (SSSR count). The maximum Gasteiger partial charge on any atom is 0.393 e. The fraction of sp³-hybridized carbons (Fsp3) is 0.294. The molecule has 0 aliphatic carbocycles. The monoisotopic (exact) mass is 310 g/mol. The van der Waals surface area contributed by atoms with Crippen molar-refractivity contribution in [2.45, 2.75) is 32.1 Å². The third kappa shape index (κ3) is 6.28. The second-order valence-electron chi connectivity index (χ2n) is 4.84. The lowest BCUT2D eigenvalue weighted by Crippen LogP contribution is -2.25. The van der Waals surface area contributed by atoms with E-state index in [0.717, 1.165) is 11.1 Å². The van der Waals surface area contributed by atoms with Gasteiger partial charge in [0.2, 0.25) is 0 Å². The Morgan fingerprint density at radius 1 is 0.727 bits per heavy atom. The van der Waals surface area contributed by atoms with Gasteiger partial charge in [0.1, 0.15) is 0 Å². The van der Waals surface area contributed by atoms with E-state index >= 15 is 0 Å². The van der Waals surface area contributed by atoms with Crippen LogP contribution in [0.25, 0.3) is 0 Å². The van der Waals surface area contributed by atoms with Crippen LogP contribution in [0.5, 0.6) is 0 Å². The molecule has 22 heavy (non-hydrogen) atoms. The Balaban J connectivity index is 1.90. The number of benzene rings is 2. The van der Waals surface area contributed by atoms with E-state index in [-0.39, 0.29) is 13.2 Å². The molecule has 2 aromatic rings. The second-order valence-corrected chi connectivity index (χ2v) is 4.84. The van der Waals surface area contributed by atoms with Gasteiger partial charge in [-0.3, -0.25) is 0 Å². The summed E-state index contributed by atoms with van der Waals surface area (Å²) in [7, 11) is 0. The summed E-state index contributed by atoms with van der Waals surface area (Å²) >= 11 is 0. The lowest BCUT2D eigenvalue weighted by Gasteiger charge is -2.20. The van der Waals surface area contributed by atoms with Gasteiger partial charge in [-0.15, -0.1) is 0 Å². The fourth-order valence-corrected chi connectivity index (χ4v) is 1.88. The van der Waals surface area contributed by atoms with E-state index in [0.29, 0.717) is 0 Å². The highest BCUT2D eigenvalue weighted by molar-refractivity contribution is 5.14. The molecule has 5 heteroatoms. The van der Waals surface area contributed by atoms with E-state index in [1.54, 1.807) is 24.3 Å². The Morgan fingerprint density at radius 3 is 1.50 bits per heavy atom. The van der Waals surface area contributed by atoms with Crippen molar-refractivity contribution >= 4 is 0 Å². The molecule has 2 nitrogen and oxygen atoms in total. The fourth-order valence-electron chi connectivity index (χ4n) is 1.88. The molecule has 0 heterocycles. The molecule has 0 unspecified atom stereocenters. The highest BCUT2D eigenvalue weighted by atomic mass is 19.4. The van der Waals surface area contributed by atoms with Crippen LogP contribution in [0.3, 0.4) is 0 Å². The summed E-state index contributed by atoms with van der Waals surface area (Å²) in [6.45, 7) is 0.159. The summed E-state index contributed by atoms with van der Waals surface area (Å²) in [6.07, 6.45) is -6.79. The quantitative estimate of drug-likeness (QED) is 0.690. The molecule has 0 aliphatic heterocycles. The van der Waals surface area contributed by atoms with Gasteiger partial charge in [0.15, 0.2) is 6.29 Å². The molecule has 0 fully saturated rings. The minimum absolute atomic E-state index is 0.0797. The van der Waals surface area contributed by atoms with Crippen molar-refractivity contribution < 1.29 is 22.6 Å². The van der Waals surface area contributed by atoms with Gasteiger partial charge >= 0.3 is 6.18 Å². The lowest BCUT2D eigenvalue weighted by molar-refractivity contribution is -0.229. The molecule has 0 spiro atoms. The molecule has 0 radical (unpaired) electrons. The predicted octanol–water partition coefficient (Wildman–Crippen LogP) is 4.70. The van der Waals surface area contributed by atoms with Crippen molar-refractivity contribution in [1.29, 1.82) is 0 Å². The van der Waals surface area contributed by atoms with Crippen LogP contribution in [0.4, 0.5) is 13.2 Å². The van der Waals surface area contributed by atoms with Crippen LogP contribution in [0.1, 0.15) is 17.5 Å². The van der Waals surface area contributed by atoms with E-state index in [1.165, 1.54) is 0 Å². The summed E-state index contributed by atoms with van der Waals surface area (Å²) in [5.74, 6) is 0. The first-order valence-corrected chi connectivity index (χ1v) is 6.91. The predicted molar refractivity (Wildman–Crippen MR) is 76.9 cm³/mol. The molecular weight excluding hydrogens is 293 g/mol. The number of hydrogen-bond donors (Lipinski definition) is 0. The minimum atomic E-state index is -4.34. The molecule has 0 atom stereocenters. The van der Waals surface area contributed by atoms with E-state index in [9.17, 15) is 13.2 Å². The zero-order chi connectivity index (χ0) is 15.8. The van der Waals surface area contributed by atoms with Crippen LogP contribution in [0.2, 0.25) is 0 Å². The van der Waals surface area contributed by atoms with E-state index < -0.39 is 18.9 Å². The first-order chi connectivity index (χ1) is 10.5. The first kappa shape index (κ1) is 16.5. The number of hydrogen-bond acceptors (Lipinski definition) is 2. The molecule has 0 saturated heterocycles. The molecule has 118 valence electrons. The molecule has 0 saturated carbocycles. The standard InChI is InChI=1S/C17H17F3O2/c18-17(19,20)11-16(21-12-14-7-3-1-4-8-14)22-13-15-9-5-2-6-10-15/h1-10,16H,11-13H2. The van der Waals surface area contributed by atoms with Crippen molar-refractivity contribution in [1.82, 2.24) is 0 Å². The van der Waals surface area contributed by atoms with Crippen molar-refractivity contribution in [2.75, 3.05) is 0 Å². The van der Waals surface area contributed by atoms with Crippen LogP contribution >= 0.6 is 0 Å².